The van der Waals surface area contributed by atoms with E-state index in [1.165, 1.54) is 11.0 Å². The molecular weight excluding hydrogens is 457 g/mol. The minimum Gasteiger partial charge on any atom is -0.342 e. The van der Waals surface area contributed by atoms with E-state index in [0.29, 0.717) is 24.7 Å². The smallest absolute Gasteiger partial charge is 0.342 e. The third-order valence-corrected chi connectivity index (χ3v) is 4.15. The zero-order valence-corrected chi connectivity index (χ0v) is 14.8. The Hall–Kier alpha value is 0.140. The fourth-order valence-corrected chi connectivity index (χ4v) is 1.97. The van der Waals surface area contributed by atoms with E-state index in [1.54, 1.807) is 13.1 Å². The van der Waals surface area contributed by atoms with Crippen LogP contribution in [0.4, 0.5) is 17.6 Å². The molecule has 0 aromatic carbocycles. The van der Waals surface area contributed by atoms with Crippen molar-refractivity contribution in [1.29, 1.82) is 0 Å². The van der Waals surface area contributed by atoms with E-state index in [1.807, 2.05) is 0 Å². The number of hydrogen-bond donors (Lipinski definition) is 0. The van der Waals surface area contributed by atoms with Crippen LogP contribution in [0.2, 0.25) is 0 Å². The van der Waals surface area contributed by atoms with Crippen LogP contribution in [0.1, 0.15) is 25.7 Å². The summed E-state index contributed by atoms with van der Waals surface area (Å²) in [4.78, 5) is 12.9. The molecule has 0 aromatic rings. The summed E-state index contributed by atoms with van der Waals surface area (Å²) < 4.78 is 46.8. The average molecular weight is 474 g/mol. The Morgan fingerprint density at radius 1 is 1.25 bits per heavy atom. The molecule has 1 amide bonds. The van der Waals surface area contributed by atoms with Crippen LogP contribution >= 0.6 is 38.5 Å². The number of rotatable bonds is 8. The van der Waals surface area contributed by atoms with Gasteiger partial charge in [-0.3, -0.25) is 4.79 Å². The second-order valence-electron chi connectivity index (χ2n) is 4.33. The fraction of sp³-hybridized carbons (Fsp3) is 0.750. The van der Waals surface area contributed by atoms with Crippen LogP contribution in [0.5, 0.6) is 0 Å². The van der Waals surface area contributed by atoms with Gasteiger partial charge in [0.25, 0.3) is 3.68 Å². The van der Waals surface area contributed by atoms with Crippen LogP contribution < -0.4 is 0 Å². The minimum atomic E-state index is -4.83. The highest BCUT2D eigenvalue weighted by molar-refractivity contribution is 14.1. The molecule has 1 atom stereocenters. The summed E-state index contributed by atoms with van der Waals surface area (Å²) in [6.45, 7) is 0.442. The predicted octanol–water partition coefficient (Wildman–Crippen LogP) is 4.62. The van der Waals surface area contributed by atoms with Crippen LogP contribution in [0.25, 0.3) is 0 Å². The molecule has 0 fully saturated rings. The second kappa shape index (κ2) is 9.22. The van der Waals surface area contributed by atoms with Gasteiger partial charge in [-0.25, -0.2) is 4.39 Å². The number of likely N-dealkylation sites (N-methyl/N-ethyl adjacent to an activating group) is 1. The van der Waals surface area contributed by atoms with Crippen molar-refractivity contribution in [2.24, 2.45) is 0 Å². The number of amides is 1. The highest BCUT2D eigenvalue weighted by atomic mass is 127. The van der Waals surface area contributed by atoms with Gasteiger partial charge in [-0.1, -0.05) is 28.4 Å². The molecule has 0 aliphatic rings. The molecule has 0 bridgehead atoms. The van der Waals surface area contributed by atoms with Crippen molar-refractivity contribution in [1.82, 2.24) is 4.90 Å². The number of alkyl halides is 6. The van der Waals surface area contributed by atoms with Crippen LogP contribution in [0, 0.1) is 0 Å². The van der Waals surface area contributed by atoms with Crippen LogP contribution in [0.15, 0.2) is 12.2 Å². The zero-order valence-electron chi connectivity index (χ0n) is 11.0. The van der Waals surface area contributed by atoms with E-state index in [2.05, 4.69) is 15.9 Å². The Morgan fingerprint density at radius 2 is 1.85 bits per heavy atom. The highest BCUT2D eigenvalue weighted by Crippen LogP contribution is 2.43. The first kappa shape index (κ1) is 20.1. The zero-order chi connectivity index (χ0) is 15.8. The molecule has 0 radical (unpaired) electrons. The third kappa shape index (κ3) is 7.80. The van der Waals surface area contributed by atoms with Gasteiger partial charge in [0, 0.05) is 18.9 Å². The summed E-state index contributed by atoms with van der Waals surface area (Å²) in [5, 5.41) is 0.582. The summed E-state index contributed by atoms with van der Waals surface area (Å²) in [5.74, 6) is -0.159. The summed E-state index contributed by atoms with van der Waals surface area (Å²) in [6.07, 6.45) is -1.16. The molecule has 0 saturated carbocycles. The molecule has 8 heteroatoms. The van der Waals surface area contributed by atoms with E-state index < -0.39 is 16.3 Å². The molecule has 0 aliphatic carbocycles. The Labute approximate surface area is 138 Å². The highest BCUT2D eigenvalue weighted by Gasteiger charge is 2.53. The summed E-state index contributed by atoms with van der Waals surface area (Å²) in [5.41, 5.74) is 0. The van der Waals surface area contributed by atoms with E-state index in [0.717, 1.165) is 22.6 Å². The molecule has 0 rings (SSSR count). The van der Waals surface area contributed by atoms with Crippen molar-refractivity contribution >= 4 is 44.4 Å². The normalized spacial score (nSPS) is 15.3. The molecule has 0 saturated heterocycles. The van der Waals surface area contributed by atoms with Crippen LogP contribution in [0.3, 0.4) is 0 Å². The van der Waals surface area contributed by atoms with E-state index in [-0.39, 0.29) is 12.3 Å². The van der Waals surface area contributed by atoms with Gasteiger partial charge in [0.05, 0.1) is 0 Å². The first-order valence-electron chi connectivity index (χ1n) is 6.04. The van der Waals surface area contributed by atoms with Gasteiger partial charge in [-0.2, -0.15) is 13.2 Å². The number of unbranched alkanes of at least 4 members (excludes halogenated alkanes) is 2. The Morgan fingerprint density at radius 3 is 2.35 bits per heavy atom. The molecule has 0 N–H and O–H groups in total. The van der Waals surface area contributed by atoms with Crippen molar-refractivity contribution in [2.45, 2.75) is 35.5 Å². The fourth-order valence-electron chi connectivity index (χ4n) is 1.40. The third-order valence-electron chi connectivity index (χ3n) is 2.62. The lowest BCUT2D eigenvalue weighted by Crippen LogP contribution is -2.34. The lowest BCUT2D eigenvalue weighted by atomic mass is 10.1. The molecule has 0 aliphatic heterocycles. The first-order chi connectivity index (χ1) is 9.12. The SMILES string of the molecule is CN(CCCCCC(F)(I)C(F)(F)F)C(=O)/C=C/CBr. The van der Waals surface area contributed by atoms with Gasteiger partial charge in [0.15, 0.2) is 0 Å². The molecular formula is C12H17BrF4INO. The van der Waals surface area contributed by atoms with Crippen molar-refractivity contribution in [2.75, 3.05) is 18.9 Å². The lowest BCUT2D eigenvalue weighted by Gasteiger charge is -2.21. The topological polar surface area (TPSA) is 20.3 Å². The Kier molecular flexibility index (Phi) is 9.28. The van der Waals surface area contributed by atoms with Crippen molar-refractivity contribution in [3.63, 3.8) is 0 Å². The monoisotopic (exact) mass is 473 g/mol. The molecule has 0 spiro atoms. The van der Waals surface area contributed by atoms with Crippen molar-refractivity contribution in [3.8, 4) is 0 Å². The van der Waals surface area contributed by atoms with E-state index in [4.69, 9.17) is 0 Å². The molecule has 0 aromatic heterocycles. The Bertz CT molecular complexity index is 334. The molecule has 2 nitrogen and oxygen atoms in total. The number of halogens is 6. The average Bonchev–Trinajstić information content (AvgIpc) is 2.33. The van der Waals surface area contributed by atoms with Gasteiger partial charge < -0.3 is 4.90 Å². The van der Waals surface area contributed by atoms with Gasteiger partial charge >= 0.3 is 6.18 Å². The summed E-state index contributed by atoms with van der Waals surface area (Å²) >= 11 is 3.95. The minimum absolute atomic E-state index is 0.137. The quantitative estimate of drug-likeness (QED) is 0.166. The van der Waals surface area contributed by atoms with Gasteiger partial charge in [-0.15, -0.1) is 0 Å². The predicted molar refractivity (Wildman–Crippen MR) is 83.0 cm³/mol. The maximum atomic E-state index is 13.2. The van der Waals surface area contributed by atoms with Gasteiger partial charge in [0.2, 0.25) is 5.91 Å². The number of hydrogen-bond acceptors (Lipinski definition) is 1. The Balaban J connectivity index is 3.88. The molecule has 20 heavy (non-hydrogen) atoms. The van der Waals surface area contributed by atoms with Gasteiger partial charge in [-0.05, 0) is 47.9 Å². The number of carbonyl (C=O) groups excluding carboxylic acids is 1. The first-order valence-corrected chi connectivity index (χ1v) is 8.24. The van der Waals surface area contributed by atoms with E-state index >= 15 is 0 Å². The maximum Gasteiger partial charge on any atom is 0.431 e. The van der Waals surface area contributed by atoms with E-state index in [9.17, 15) is 22.4 Å². The van der Waals surface area contributed by atoms with Crippen molar-refractivity contribution < 1.29 is 22.4 Å². The largest absolute Gasteiger partial charge is 0.431 e. The standard InChI is InChI=1S/C12H17BrF4INO/c1-19(10(20)6-5-8-13)9-4-2-3-7-11(14,18)12(15,16)17/h5-6H,2-4,7-9H2,1H3/b6-5+. The van der Waals surface area contributed by atoms with Crippen LogP contribution in [-0.4, -0.2) is 39.6 Å². The number of carbonyl (C=O) groups is 1. The maximum absolute atomic E-state index is 13.2. The van der Waals surface area contributed by atoms with Crippen molar-refractivity contribution in [3.05, 3.63) is 12.2 Å². The summed E-state index contributed by atoms with van der Waals surface area (Å²) in [6, 6.07) is 0. The lowest BCUT2D eigenvalue weighted by molar-refractivity contribution is -0.189. The second-order valence-corrected chi connectivity index (χ2v) is 6.69. The van der Waals surface area contributed by atoms with Gasteiger partial charge in [0.1, 0.15) is 0 Å². The number of allylic oxidation sites excluding steroid dienone is 1. The number of nitrogens with zero attached hydrogens (tertiary/aromatic N) is 1. The molecule has 1 unspecified atom stereocenters. The molecule has 0 heterocycles. The molecule has 118 valence electrons. The van der Waals surface area contributed by atoms with Crippen LogP contribution in [-0.2, 0) is 4.79 Å². The summed E-state index contributed by atoms with van der Waals surface area (Å²) in [7, 11) is 1.62.